The lowest BCUT2D eigenvalue weighted by molar-refractivity contribution is 0.0843. The summed E-state index contributed by atoms with van der Waals surface area (Å²) in [5.41, 5.74) is 8.56. The molecule has 1 atom stereocenters. The van der Waals surface area contributed by atoms with Gasteiger partial charge in [-0.25, -0.2) is 4.39 Å². The zero-order valence-electron chi connectivity index (χ0n) is 13.8. The fourth-order valence-corrected chi connectivity index (χ4v) is 3.52. The zero-order valence-corrected chi connectivity index (χ0v) is 13.8. The van der Waals surface area contributed by atoms with Gasteiger partial charge < -0.3 is 5.73 Å². The van der Waals surface area contributed by atoms with Gasteiger partial charge in [-0.3, -0.25) is 4.90 Å². The van der Waals surface area contributed by atoms with Crippen LogP contribution in [0.4, 0.5) is 4.39 Å². The van der Waals surface area contributed by atoms with Crippen molar-refractivity contribution < 1.29 is 4.39 Å². The van der Waals surface area contributed by atoms with Crippen LogP contribution in [0.3, 0.4) is 0 Å². The number of nitrogens with two attached hydrogens (primary N) is 1. The molecule has 1 unspecified atom stereocenters. The predicted molar refractivity (Wildman–Crippen MR) is 86.7 cm³/mol. The molecule has 2 rings (SSSR count). The van der Waals surface area contributed by atoms with Crippen LogP contribution in [0.2, 0.25) is 0 Å². The molecule has 1 aromatic rings. The Morgan fingerprint density at radius 1 is 1.29 bits per heavy atom. The van der Waals surface area contributed by atoms with Crippen LogP contribution in [0.5, 0.6) is 0 Å². The summed E-state index contributed by atoms with van der Waals surface area (Å²) in [5, 5.41) is 0. The molecule has 0 saturated carbocycles. The minimum Gasteiger partial charge on any atom is -0.329 e. The van der Waals surface area contributed by atoms with Gasteiger partial charge in [0.2, 0.25) is 0 Å². The Hall–Kier alpha value is -0.930. The monoisotopic (exact) mass is 292 g/mol. The highest BCUT2D eigenvalue weighted by molar-refractivity contribution is 5.30. The summed E-state index contributed by atoms with van der Waals surface area (Å²) < 4.78 is 13.6. The van der Waals surface area contributed by atoms with Crippen LogP contribution in [0, 0.1) is 24.1 Å². The molecule has 0 bridgehead atoms. The van der Waals surface area contributed by atoms with Crippen molar-refractivity contribution in [1.29, 1.82) is 0 Å². The van der Waals surface area contributed by atoms with Crippen LogP contribution in [-0.2, 0) is 0 Å². The molecule has 3 heteroatoms. The van der Waals surface area contributed by atoms with Crippen molar-refractivity contribution in [3.63, 3.8) is 0 Å². The summed E-state index contributed by atoms with van der Waals surface area (Å²) in [6, 6.07) is 5.18. The number of aryl methyl sites for hydroxylation is 1. The molecule has 1 aromatic carbocycles. The van der Waals surface area contributed by atoms with Crippen LogP contribution in [0.15, 0.2) is 18.2 Å². The summed E-state index contributed by atoms with van der Waals surface area (Å²) in [6.07, 6.45) is 2.41. The van der Waals surface area contributed by atoms with E-state index in [1.165, 1.54) is 18.9 Å². The fraction of sp³-hybridized carbons (Fsp3) is 0.667. The van der Waals surface area contributed by atoms with E-state index in [1.807, 2.05) is 13.0 Å². The Morgan fingerprint density at radius 2 is 1.90 bits per heavy atom. The average Bonchev–Trinajstić information content (AvgIpc) is 2.43. The highest BCUT2D eigenvalue weighted by Gasteiger charge is 2.31. The number of halogens is 1. The van der Waals surface area contributed by atoms with Gasteiger partial charge >= 0.3 is 0 Å². The molecule has 1 fully saturated rings. The maximum atomic E-state index is 13.6. The zero-order chi connectivity index (χ0) is 15.6. The van der Waals surface area contributed by atoms with Crippen LogP contribution in [0.1, 0.15) is 50.8 Å². The van der Waals surface area contributed by atoms with Crippen LogP contribution < -0.4 is 5.73 Å². The summed E-state index contributed by atoms with van der Waals surface area (Å²) in [4.78, 5) is 2.43. The second kappa shape index (κ2) is 6.45. The van der Waals surface area contributed by atoms with Crippen molar-refractivity contribution in [1.82, 2.24) is 4.90 Å². The van der Waals surface area contributed by atoms with Gasteiger partial charge in [0.25, 0.3) is 0 Å². The molecule has 0 aliphatic carbocycles. The molecular weight excluding hydrogens is 263 g/mol. The summed E-state index contributed by atoms with van der Waals surface area (Å²) >= 11 is 0. The first kappa shape index (κ1) is 16.4. The molecule has 0 radical (unpaired) electrons. The lowest BCUT2D eigenvalue weighted by Gasteiger charge is -2.42. The molecule has 21 heavy (non-hydrogen) atoms. The number of likely N-dealkylation sites (tertiary alicyclic amines) is 1. The van der Waals surface area contributed by atoms with Gasteiger partial charge in [0.1, 0.15) is 5.82 Å². The van der Waals surface area contributed by atoms with Crippen molar-refractivity contribution in [2.24, 2.45) is 17.1 Å². The van der Waals surface area contributed by atoms with Crippen molar-refractivity contribution in [2.75, 3.05) is 19.6 Å². The maximum Gasteiger partial charge on any atom is 0.123 e. The van der Waals surface area contributed by atoms with Gasteiger partial charge in [-0.15, -0.1) is 0 Å². The third kappa shape index (κ3) is 3.83. The lowest BCUT2D eigenvalue weighted by Crippen LogP contribution is -2.42. The van der Waals surface area contributed by atoms with Gasteiger partial charge in [-0.1, -0.05) is 26.8 Å². The van der Waals surface area contributed by atoms with Gasteiger partial charge in [0.05, 0.1) is 0 Å². The second-order valence-corrected chi connectivity index (χ2v) is 7.43. The summed E-state index contributed by atoms with van der Waals surface area (Å²) in [6.45, 7) is 11.7. The van der Waals surface area contributed by atoms with Gasteiger partial charge in [0, 0.05) is 12.6 Å². The number of hydrogen-bond acceptors (Lipinski definition) is 2. The number of benzene rings is 1. The van der Waals surface area contributed by atoms with Gasteiger partial charge in [-0.2, -0.15) is 0 Å². The molecule has 1 aliphatic rings. The second-order valence-electron chi connectivity index (χ2n) is 7.43. The lowest BCUT2D eigenvalue weighted by atomic mass is 9.75. The van der Waals surface area contributed by atoms with E-state index in [1.54, 1.807) is 6.07 Å². The normalized spacial score (nSPS) is 19.7. The van der Waals surface area contributed by atoms with E-state index in [2.05, 4.69) is 25.7 Å². The Kier molecular flexibility index (Phi) is 5.05. The molecular formula is C18H29FN2. The van der Waals surface area contributed by atoms with Crippen molar-refractivity contribution in [2.45, 2.75) is 46.6 Å². The smallest absolute Gasteiger partial charge is 0.123 e. The van der Waals surface area contributed by atoms with Crippen molar-refractivity contribution in [3.05, 3.63) is 35.1 Å². The van der Waals surface area contributed by atoms with Crippen LogP contribution in [-0.4, -0.2) is 24.5 Å². The first-order valence-electron chi connectivity index (χ1n) is 8.03. The fourth-order valence-electron chi connectivity index (χ4n) is 3.52. The van der Waals surface area contributed by atoms with Gasteiger partial charge in [-0.05, 0) is 67.4 Å². The number of rotatable bonds is 3. The molecule has 2 N–H and O–H groups in total. The Labute approximate surface area is 128 Å². The number of nitrogens with zero attached hydrogens (tertiary/aromatic N) is 1. The molecule has 0 aromatic heterocycles. The molecule has 118 valence electrons. The predicted octanol–water partition coefficient (Wildman–Crippen LogP) is 3.89. The Bertz CT molecular complexity index is 471. The number of piperidine rings is 1. The molecule has 1 aliphatic heterocycles. The highest BCUT2D eigenvalue weighted by atomic mass is 19.1. The minimum absolute atomic E-state index is 0.140. The van der Waals surface area contributed by atoms with Crippen LogP contribution in [0.25, 0.3) is 0 Å². The number of hydrogen-bond donors (Lipinski definition) is 1. The van der Waals surface area contributed by atoms with Gasteiger partial charge in [0.15, 0.2) is 0 Å². The van der Waals surface area contributed by atoms with E-state index in [0.29, 0.717) is 12.0 Å². The molecule has 2 nitrogen and oxygen atoms in total. The average molecular weight is 292 g/mol. The van der Waals surface area contributed by atoms with Crippen LogP contribution >= 0.6 is 0 Å². The van der Waals surface area contributed by atoms with E-state index in [9.17, 15) is 4.39 Å². The summed E-state index contributed by atoms with van der Waals surface area (Å²) in [5.74, 6) is 0.597. The first-order valence-corrected chi connectivity index (χ1v) is 8.03. The van der Waals surface area contributed by atoms with E-state index >= 15 is 0 Å². The molecule has 1 heterocycles. The van der Waals surface area contributed by atoms with E-state index < -0.39 is 0 Å². The summed E-state index contributed by atoms with van der Waals surface area (Å²) in [7, 11) is 0. The van der Waals surface area contributed by atoms with E-state index in [0.717, 1.165) is 30.1 Å². The van der Waals surface area contributed by atoms with Crippen molar-refractivity contribution in [3.8, 4) is 0 Å². The SMILES string of the molecule is Cc1ccc(F)cc1C(CN)N1CCC(C(C)(C)C)CC1. The van der Waals surface area contributed by atoms with Crippen molar-refractivity contribution >= 4 is 0 Å². The Morgan fingerprint density at radius 3 is 2.43 bits per heavy atom. The first-order chi connectivity index (χ1) is 9.82. The van der Waals surface area contributed by atoms with E-state index in [4.69, 9.17) is 5.73 Å². The third-order valence-corrected chi connectivity index (χ3v) is 5.02. The standard InChI is InChI=1S/C18H29FN2/c1-13-5-6-15(19)11-16(13)17(12-20)21-9-7-14(8-10-21)18(2,3)4/h5-6,11,14,17H,7-10,12,20H2,1-4H3. The quantitative estimate of drug-likeness (QED) is 0.915. The maximum absolute atomic E-state index is 13.6. The molecule has 0 spiro atoms. The minimum atomic E-state index is -0.168. The highest BCUT2D eigenvalue weighted by Crippen LogP contribution is 2.36. The Balaban J connectivity index is 2.11. The third-order valence-electron chi connectivity index (χ3n) is 5.02. The molecule has 0 amide bonds. The molecule has 1 saturated heterocycles. The topological polar surface area (TPSA) is 29.3 Å². The van der Waals surface area contributed by atoms with E-state index in [-0.39, 0.29) is 11.9 Å². The largest absolute Gasteiger partial charge is 0.329 e.